The average Bonchev–Trinajstić information content (AvgIpc) is 3.07. The van der Waals surface area contributed by atoms with Gasteiger partial charge in [0.15, 0.2) is 0 Å². The first-order chi connectivity index (χ1) is 11.1. The quantitative estimate of drug-likeness (QED) is 0.616. The third kappa shape index (κ3) is 3.87. The van der Waals surface area contributed by atoms with Crippen molar-refractivity contribution in [2.45, 2.75) is 9.79 Å². The molecule has 3 rings (SSSR count). The summed E-state index contributed by atoms with van der Waals surface area (Å²) in [7, 11) is 0. The van der Waals surface area contributed by atoms with Crippen LogP contribution in [0.1, 0.15) is 9.67 Å². The van der Waals surface area contributed by atoms with E-state index in [2.05, 4.69) is 10.3 Å². The first kappa shape index (κ1) is 16.3. The topological polar surface area (TPSA) is 42.0 Å². The number of hydrogen-bond donors (Lipinski definition) is 1. The van der Waals surface area contributed by atoms with Crippen LogP contribution in [-0.2, 0) is 0 Å². The van der Waals surface area contributed by atoms with Crippen LogP contribution in [0.5, 0.6) is 0 Å². The first-order valence-electron chi connectivity index (χ1n) is 6.56. The Kier molecular flexibility index (Phi) is 5.23. The van der Waals surface area contributed by atoms with E-state index >= 15 is 0 Å². The summed E-state index contributed by atoms with van der Waals surface area (Å²) in [5, 5.41) is 5.74. The highest BCUT2D eigenvalue weighted by molar-refractivity contribution is 7.99. The van der Waals surface area contributed by atoms with Crippen LogP contribution in [0.15, 0.2) is 64.0 Å². The van der Waals surface area contributed by atoms with Crippen molar-refractivity contribution in [3.8, 4) is 0 Å². The molecule has 3 nitrogen and oxygen atoms in total. The van der Waals surface area contributed by atoms with Crippen molar-refractivity contribution in [3.63, 3.8) is 0 Å². The predicted octanol–water partition coefficient (Wildman–Crippen LogP) is 5.85. The highest BCUT2D eigenvalue weighted by Gasteiger charge is 2.13. The third-order valence-corrected chi connectivity index (χ3v) is 5.79. The molecule has 0 aliphatic carbocycles. The van der Waals surface area contributed by atoms with Crippen LogP contribution >= 0.6 is 46.3 Å². The summed E-state index contributed by atoms with van der Waals surface area (Å²) in [5.74, 6) is -0.139. The van der Waals surface area contributed by atoms with E-state index in [4.69, 9.17) is 23.2 Å². The molecule has 0 bridgehead atoms. The summed E-state index contributed by atoms with van der Waals surface area (Å²) in [6.45, 7) is 0. The number of carbonyl (C=O) groups excluding carboxylic acids is 1. The molecule has 0 aliphatic heterocycles. The van der Waals surface area contributed by atoms with E-state index in [0.717, 1.165) is 4.90 Å². The highest BCUT2D eigenvalue weighted by Crippen LogP contribution is 2.40. The molecule has 7 heteroatoms. The van der Waals surface area contributed by atoms with Crippen molar-refractivity contribution >= 4 is 57.9 Å². The van der Waals surface area contributed by atoms with Crippen LogP contribution in [0.3, 0.4) is 0 Å². The van der Waals surface area contributed by atoms with Crippen molar-refractivity contribution in [2.75, 3.05) is 5.32 Å². The van der Waals surface area contributed by atoms with Crippen LogP contribution in [0.4, 0.5) is 5.69 Å². The molecule has 1 N–H and O–H groups in total. The average molecular weight is 381 g/mol. The number of rotatable bonds is 4. The Morgan fingerprint density at radius 3 is 2.52 bits per heavy atom. The number of aromatic nitrogens is 1. The van der Waals surface area contributed by atoms with Gasteiger partial charge in [-0.3, -0.25) is 9.78 Å². The number of nitrogens with one attached hydrogen (secondary N) is 1. The lowest BCUT2D eigenvalue weighted by molar-refractivity contribution is 0.103. The minimum absolute atomic E-state index is 0.139. The first-order valence-corrected chi connectivity index (χ1v) is 9.01. The number of carbonyl (C=O) groups is 1. The van der Waals surface area contributed by atoms with Crippen molar-refractivity contribution in [3.05, 3.63) is 69.1 Å². The second kappa shape index (κ2) is 7.36. The largest absolute Gasteiger partial charge is 0.320 e. The number of anilines is 1. The molecular weight excluding hydrogens is 371 g/mol. The van der Waals surface area contributed by atoms with E-state index < -0.39 is 0 Å². The molecule has 0 fully saturated rings. The zero-order chi connectivity index (χ0) is 16.2. The van der Waals surface area contributed by atoms with Gasteiger partial charge < -0.3 is 5.32 Å². The van der Waals surface area contributed by atoms with Crippen molar-refractivity contribution in [1.29, 1.82) is 0 Å². The second-order valence-corrected chi connectivity index (χ2v) is 7.28. The molecule has 1 aromatic carbocycles. The van der Waals surface area contributed by atoms with Crippen LogP contribution in [0.2, 0.25) is 10.0 Å². The number of thiophene rings is 1. The molecule has 0 saturated heterocycles. The van der Waals surface area contributed by atoms with Gasteiger partial charge in [0.25, 0.3) is 5.91 Å². The molecule has 2 heterocycles. The molecule has 116 valence electrons. The second-order valence-electron chi connectivity index (χ2n) is 4.46. The highest BCUT2D eigenvalue weighted by atomic mass is 35.5. The summed E-state index contributed by atoms with van der Waals surface area (Å²) in [4.78, 5) is 18.4. The fourth-order valence-corrected chi connectivity index (χ4v) is 3.97. The summed E-state index contributed by atoms with van der Waals surface area (Å²) >= 11 is 15.1. The van der Waals surface area contributed by atoms with E-state index in [-0.39, 0.29) is 5.91 Å². The van der Waals surface area contributed by atoms with E-state index in [1.165, 1.54) is 23.1 Å². The maximum atomic E-state index is 12.2. The normalized spacial score (nSPS) is 10.5. The van der Waals surface area contributed by atoms with Crippen molar-refractivity contribution in [1.82, 2.24) is 4.98 Å². The summed E-state index contributed by atoms with van der Waals surface area (Å²) < 4.78 is 0. The molecule has 2 aromatic heterocycles. The molecule has 0 aliphatic rings. The summed E-state index contributed by atoms with van der Waals surface area (Å²) in [5.41, 5.74) is 0.708. The Morgan fingerprint density at radius 1 is 1.09 bits per heavy atom. The lowest BCUT2D eigenvalue weighted by Crippen LogP contribution is -2.10. The predicted molar refractivity (Wildman–Crippen MR) is 97.1 cm³/mol. The fraction of sp³-hybridized carbons (Fsp3) is 0. The van der Waals surface area contributed by atoms with Crippen molar-refractivity contribution in [2.24, 2.45) is 0 Å². The molecule has 1 amide bonds. The van der Waals surface area contributed by atoms with Gasteiger partial charge in [-0.05, 0) is 23.6 Å². The zero-order valence-electron chi connectivity index (χ0n) is 11.6. The standard InChI is InChI=1S/C16H10Cl2N2OS2/c17-10-8-19-9-11(18)15(10)23-13-5-2-1-4-12(13)20-16(21)14-6-3-7-22-14/h1-9H,(H,20,21). The maximum Gasteiger partial charge on any atom is 0.265 e. The molecule has 23 heavy (non-hydrogen) atoms. The maximum absolute atomic E-state index is 12.2. The van der Waals surface area contributed by atoms with Gasteiger partial charge in [0.05, 0.1) is 25.5 Å². The Balaban J connectivity index is 1.88. The van der Waals surface area contributed by atoms with Gasteiger partial charge in [0.1, 0.15) is 0 Å². The number of amides is 1. The zero-order valence-corrected chi connectivity index (χ0v) is 14.8. The molecule has 0 saturated carbocycles. The van der Waals surface area contributed by atoms with Crippen LogP contribution in [-0.4, -0.2) is 10.9 Å². The molecule has 0 unspecified atom stereocenters. The van der Waals surface area contributed by atoms with Gasteiger partial charge in [-0.15, -0.1) is 11.3 Å². The van der Waals surface area contributed by atoms with Crippen LogP contribution in [0, 0.1) is 0 Å². The smallest absolute Gasteiger partial charge is 0.265 e. The molecule has 0 radical (unpaired) electrons. The number of halogens is 2. The van der Waals surface area contributed by atoms with Crippen molar-refractivity contribution < 1.29 is 4.79 Å². The third-order valence-electron chi connectivity index (χ3n) is 2.90. The van der Waals surface area contributed by atoms with Gasteiger partial charge >= 0.3 is 0 Å². The molecular formula is C16H10Cl2N2OS2. The minimum Gasteiger partial charge on any atom is -0.320 e. The van der Waals surface area contributed by atoms with Crippen LogP contribution < -0.4 is 5.32 Å². The number of benzene rings is 1. The molecule has 0 spiro atoms. The number of nitrogens with zero attached hydrogens (tertiary/aromatic N) is 1. The Bertz CT molecular complexity index is 818. The monoisotopic (exact) mass is 380 g/mol. The molecule has 3 aromatic rings. The van der Waals surface area contributed by atoms with Gasteiger partial charge in [0.2, 0.25) is 0 Å². The lowest BCUT2D eigenvalue weighted by atomic mass is 10.3. The number of para-hydroxylation sites is 1. The fourth-order valence-electron chi connectivity index (χ4n) is 1.86. The van der Waals surface area contributed by atoms with E-state index in [0.29, 0.717) is 25.5 Å². The van der Waals surface area contributed by atoms with Crippen LogP contribution in [0.25, 0.3) is 0 Å². The van der Waals surface area contributed by atoms with Gasteiger partial charge in [-0.25, -0.2) is 0 Å². The Hall–Kier alpha value is -1.53. The SMILES string of the molecule is O=C(Nc1ccccc1Sc1c(Cl)cncc1Cl)c1cccs1. The van der Waals surface area contributed by atoms with E-state index in [9.17, 15) is 4.79 Å². The number of hydrogen-bond acceptors (Lipinski definition) is 4. The van der Waals surface area contributed by atoms with Gasteiger partial charge in [-0.1, -0.05) is 53.2 Å². The summed E-state index contributed by atoms with van der Waals surface area (Å²) in [6, 6.07) is 11.1. The van der Waals surface area contributed by atoms with Gasteiger partial charge in [-0.2, -0.15) is 0 Å². The Morgan fingerprint density at radius 2 is 1.83 bits per heavy atom. The lowest BCUT2D eigenvalue weighted by Gasteiger charge is -2.11. The minimum atomic E-state index is -0.139. The van der Waals surface area contributed by atoms with E-state index in [1.54, 1.807) is 18.5 Å². The number of pyridine rings is 1. The van der Waals surface area contributed by atoms with E-state index in [1.807, 2.05) is 35.7 Å². The molecule has 0 atom stereocenters. The Labute approximate surface area is 151 Å². The van der Waals surface area contributed by atoms with Gasteiger partial charge in [0, 0.05) is 17.3 Å². The summed E-state index contributed by atoms with van der Waals surface area (Å²) in [6.07, 6.45) is 3.09.